The Morgan fingerprint density at radius 2 is 1.32 bits per heavy atom. The molecule has 0 aliphatic carbocycles. The smallest absolute Gasteiger partial charge is 0.468 e. The van der Waals surface area contributed by atoms with Gasteiger partial charge < -0.3 is 38.9 Å². The van der Waals surface area contributed by atoms with E-state index in [0.717, 1.165) is 19.3 Å². The van der Waals surface area contributed by atoms with E-state index >= 15 is 0 Å². The third kappa shape index (κ3) is 13.5. The summed E-state index contributed by atoms with van der Waals surface area (Å²) in [6.07, 6.45) is -0.508. The molecule has 226 valence electrons. The summed E-state index contributed by atoms with van der Waals surface area (Å²) in [7, 11) is 1.18. The SMILES string of the molecule is CCCCCOC(=O)OCC[C@@](N)(Cc1ccc(OC(=O)OC(C)(C)C)c(OC(=O)OC(C)(C)C)c1)C(=O)OC. The van der Waals surface area contributed by atoms with Crippen molar-refractivity contribution in [3.05, 3.63) is 23.8 Å². The molecule has 0 heterocycles. The third-order valence-corrected chi connectivity index (χ3v) is 5.02. The van der Waals surface area contributed by atoms with E-state index < -0.39 is 41.2 Å². The normalized spacial score (nSPS) is 12.9. The number of rotatable bonds is 12. The Hall–Kier alpha value is -3.54. The van der Waals surface area contributed by atoms with Crippen LogP contribution in [0.1, 0.15) is 79.7 Å². The van der Waals surface area contributed by atoms with Crippen molar-refractivity contribution in [1.29, 1.82) is 0 Å². The first kappa shape index (κ1) is 34.5. The molecule has 1 rings (SSSR count). The summed E-state index contributed by atoms with van der Waals surface area (Å²) >= 11 is 0. The van der Waals surface area contributed by atoms with E-state index in [0.29, 0.717) is 5.56 Å². The maximum Gasteiger partial charge on any atom is 0.514 e. The molecule has 0 spiro atoms. The number of benzene rings is 1. The fraction of sp³-hybridized carbons (Fsp3) is 0.643. The molecular formula is C28H43NO11. The van der Waals surface area contributed by atoms with E-state index in [9.17, 15) is 19.2 Å². The van der Waals surface area contributed by atoms with E-state index in [1.54, 1.807) is 41.5 Å². The van der Waals surface area contributed by atoms with Gasteiger partial charge in [-0.1, -0.05) is 25.8 Å². The molecule has 0 aliphatic rings. The lowest BCUT2D eigenvalue weighted by Crippen LogP contribution is -2.51. The third-order valence-electron chi connectivity index (χ3n) is 5.02. The second-order valence-electron chi connectivity index (χ2n) is 11.1. The van der Waals surface area contributed by atoms with Crippen molar-refractivity contribution in [2.24, 2.45) is 5.73 Å². The van der Waals surface area contributed by atoms with Gasteiger partial charge in [0.05, 0.1) is 20.3 Å². The fourth-order valence-corrected chi connectivity index (χ4v) is 3.24. The molecule has 0 radical (unpaired) electrons. The number of hydrogen-bond donors (Lipinski definition) is 1. The second-order valence-corrected chi connectivity index (χ2v) is 11.1. The Bertz CT molecular complexity index is 1010. The zero-order valence-corrected chi connectivity index (χ0v) is 24.7. The van der Waals surface area contributed by atoms with Crippen molar-refractivity contribution in [2.45, 2.75) is 97.3 Å². The highest BCUT2D eigenvalue weighted by atomic mass is 16.8. The van der Waals surface area contributed by atoms with Gasteiger partial charge in [-0.25, -0.2) is 14.4 Å². The monoisotopic (exact) mass is 569 g/mol. The molecule has 0 aromatic heterocycles. The lowest BCUT2D eigenvalue weighted by atomic mass is 9.88. The number of esters is 1. The van der Waals surface area contributed by atoms with Crippen LogP contribution in [0, 0.1) is 0 Å². The zero-order valence-electron chi connectivity index (χ0n) is 24.7. The number of nitrogens with two attached hydrogens (primary N) is 1. The molecule has 0 bridgehead atoms. The van der Waals surface area contributed by atoms with Gasteiger partial charge in [-0.3, -0.25) is 4.79 Å². The van der Waals surface area contributed by atoms with Crippen molar-refractivity contribution in [1.82, 2.24) is 0 Å². The summed E-state index contributed by atoms with van der Waals surface area (Å²) in [6.45, 7) is 12.0. The Morgan fingerprint density at radius 3 is 1.85 bits per heavy atom. The number of ether oxygens (including phenoxy) is 7. The van der Waals surface area contributed by atoms with Gasteiger partial charge in [0.1, 0.15) is 16.7 Å². The predicted molar refractivity (Wildman–Crippen MR) is 144 cm³/mol. The lowest BCUT2D eigenvalue weighted by Gasteiger charge is -2.27. The number of carbonyl (C=O) groups is 4. The Balaban J connectivity index is 3.12. The molecule has 12 nitrogen and oxygen atoms in total. The number of carbonyl (C=O) groups excluding carboxylic acids is 4. The Labute approximate surface area is 235 Å². The molecule has 40 heavy (non-hydrogen) atoms. The van der Waals surface area contributed by atoms with Gasteiger partial charge in [0.2, 0.25) is 0 Å². The lowest BCUT2D eigenvalue weighted by molar-refractivity contribution is -0.147. The molecule has 0 amide bonds. The van der Waals surface area contributed by atoms with Crippen molar-refractivity contribution in [2.75, 3.05) is 20.3 Å². The average molecular weight is 570 g/mol. The molecule has 0 fully saturated rings. The van der Waals surface area contributed by atoms with Gasteiger partial charge in [0.25, 0.3) is 0 Å². The maximum atomic E-state index is 12.6. The quantitative estimate of drug-likeness (QED) is 0.147. The molecule has 1 atom stereocenters. The highest BCUT2D eigenvalue weighted by Crippen LogP contribution is 2.32. The van der Waals surface area contributed by atoms with Crippen LogP contribution in [0.2, 0.25) is 0 Å². The topological polar surface area (TPSA) is 159 Å². The number of methoxy groups -OCH3 is 1. The van der Waals surface area contributed by atoms with E-state index in [1.807, 2.05) is 6.92 Å². The summed E-state index contributed by atoms with van der Waals surface area (Å²) in [5.41, 5.74) is 3.51. The van der Waals surface area contributed by atoms with Gasteiger partial charge in [-0.15, -0.1) is 0 Å². The van der Waals surface area contributed by atoms with E-state index in [4.69, 9.17) is 38.9 Å². The minimum atomic E-state index is -1.62. The molecule has 12 heteroatoms. The minimum absolute atomic E-state index is 0.0951. The Kier molecular flexibility index (Phi) is 13.2. The van der Waals surface area contributed by atoms with Crippen LogP contribution in [-0.4, -0.2) is 61.5 Å². The van der Waals surface area contributed by atoms with Crippen LogP contribution in [0.5, 0.6) is 11.5 Å². The van der Waals surface area contributed by atoms with Crippen LogP contribution in [0.3, 0.4) is 0 Å². The number of hydrogen-bond acceptors (Lipinski definition) is 12. The summed E-state index contributed by atoms with van der Waals surface area (Å²) in [5.74, 6) is -1.05. The molecule has 0 aliphatic heterocycles. The van der Waals surface area contributed by atoms with Crippen LogP contribution >= 0.6 is 0 Å². The average Bonchev–Trinajstić information content (AvgIpc) is 2.80. The van der Waals surface area contributed by atoms with Crippen LogP contribution in [0.15, 0.2) is 18.2 Å². The van der Waals surface area contributed by atoms with E-state index in [-0.39, 0.29) is 37.6 Å². The van der Waals surface area contributed by atoms with Gasteiger partial charge in [0, 0.05) is 12.8 Å². The first-order valence-electron chi connectivity index (χ1n) is 13.1. The van der Waals surface area contributed by atoms with Crippen LogP contribution in [0.4, 0.5) is 14.4 Å². The molecule has 0 saturated heterocycles. The molecular weight excluding hydrogens is 526 g/mol. The first-order chi connectivity index (χ1) is 18.5. The van der Waals surface area contributed by atoms with Crippen LogP contribution in [0.25, 0.3) is 0 Å². The van der Waals surface area contributed by atoms with Crippen molar-refractivity contribution in [3.8, 4) is 11.5 Å². The summed E-state index contributed by atoms with van der Waals surface area (Å²) in [4.78, 5) is 49.1. The highest BCUT2D eigenvalue weighted by Gasteiger charge is 2.36. The number of unbranched alkanes of at least 4 members (excludes halogenated alkanes) is 2. The second kappa shape index (κ2) is 15.3. The largest absolute Gasteiger partial charge is 0.514 e. The van der Waals surface area contributed by atoms with Crippen molar-refractivity contribution in [3.63, 3.8) is 0 Å². The standard InChI is InChI=1S/C28H43NO11/c1-9-10-11-15-35-23(31)36-16-14-28(29,22(30)34-8)18-19-12-13-20(37-24(32)39-26(2,3)4)21(17-19)38-25(33)40-27(5,6)7/h12-13,17H,9-11,14-16,18,29H2,1-8H3/t28-/m1/s1. The van der Waals surface area contributed by atoms with Crippen molar-refractivity contribution >= 4 is 24.4 Å². The first-order valence-corrected chi connectivity index (χ1v) is 13.1. The molecule has 0 saturated carbocycles. The molecule has 1 aromatic carbocycles. The summed E-state index contributed by atoms with van der Waals surface area (Å²) in [5, 5.41) is 0. The highest BCUT2D eigenvalue weighted by molar-refractivity contribution is 5.81. The van der Waals surface area contributed by atoms with Gasteiger partial charge in [0.15, 0.2) is 11.5 Å². The molecule has 2 N–H and O–H groups in total. The summed E-state index contributed by atoms with van der Waals surface area (Å²) in [6, 6.07) is 4.26. The summed E-state index contributed by atoms with van der Waals surface area (Å²) < 4.78 is 35.9. The zero-order chi connectivity index (χ0) is 30.6. The molecule has 1 aromatic rings. The fourth-order valence-electron chi connectivity index (χ4n) is 3.24. The predicted octanol–water partition coefficient (Wildman–Crippen LogP) is 5.46. The Morgan fingerprint density at radius 1 is 0.775 bits per heavy atom. The van der Waals surface area contributed by atoms with E-state index in [1.165, 1.54) is 25.3 Å². The van der Waals surface area contributed by atoms with Gasteiger partial charge in [-0.2, -0.15) is 0 Å². The maximum absolute atomic E-state index is 12.6. The van der Waals surface area contributed by atoms with Crippen LogP contribution in [-0.2, 0) is 34.9 Å². The van der Waals surface area contributed by atoms with Gasteiger partial charge in [-0.05, 0) is 65.7 Å². The minimum Gasteiger partial charge on any atom is -0.468 e. The van der Waals surface area contributed by atoms with E-state index in [2.05, 4.69) is 0 Å². The van der Waals surface area contributed by atoms with Crippen molar-refractivity contribution < 1.29 is 52.3 Å². The molecule has 0 unspecified atom stereocenters. The van der Waals surface area contributed by atoms with Crippen LogP contribution < -0.4 is 15.2 Å². The van der Waals surface area contributed by atoms with Gasteiger partial charge >= 0.3 is 24.4 Å².